The first kappa shape index (κ1) is 25.7. The number of benzene rings is 5. The molecule has 2 unspecified atom stereocenters. The van der Waals surface area contributed by atoms with Crippen LogP contribution >= 0.6 is 16.8 Å². The van der Waals surface area contributed by atoms with Crippen molar-refractivity contribution >= 4 is 27.4 Å². The third-order valence-electron chi connectivity index (χ3n) is 6.45. The summed E-state index contributed by atoms with van der Waals surface area (Å²) in [4.78, 5) is 0. The van der Waals surface area contributed by atoms with E-state index < -0.39 is 16.8 Å². The summed E-state index contributed by atoms with van der Waals surface area (Å²) < 4.78 is 19.3. The van der Waals surface area contributed by atoms with Crippen LogP contribution in [0.3, 0.4) is 0 Å². The second-order valence-electron chi connectivity index (χ2n) is 8.94. The molecule has 5 aromatic carbocycles. The molecule has 0 fully saturated rings. The van der Waals surface area contributed by atoms with Crippen molar-refractivity contribution in [3.8, 4) is 33.8 Å². The van der Waals surface area contributed by atoms with E-state index in [1.54, 1.807) is 24.3 Å². The van der Waals surface area contributed by atoms with Crippen molar-refractivity contribution < 1.29 is 23.6 Å². The van der Waals surface area contributed by atoms with Crippen LogP contribution in [-0.2, 0) is 17.5 Å². The fourth-order valence-electron chi connectivity index (χ4n) is 4.47. The molecule has 7 heteroatoms. The number of para-hydroxylation sites is 2. The normalized spacial score (nSPS) is 16.2. The zero-order valence-electron chi connectivity index (χ0n) is 21.0. The van der Waals surface area contributed by atoms with Gasteiger partial charge < -0.3 is 19.3 Å². The van der Waals surface area contributed by atoms with Crippen molar-refractivity contribution in [2.45, 2.75) is 13.2 Å². The number of rotatable bonds is 4. The number of hydrogen-bond donors (Lipinski definition) is 2. The highest BCUT2D eigenvalue weighted by atomic mass is 31.2. The van der Waals surface area contributed by atoms with Gasteiger partial charge in [-0.3, -0.25) is 4.31 Å². The number of hydrogen-bond acceptors (Lipinski definition) is 5. The lowest BCUT2D eigenvalue weighted by atomic mass is 10.0. The average Bonchev–Trinajstić information content (AvgIpc) is 3.01. The molecule has 0 aliphatic carbocycles. The van der Waals surface area contributed by atoms with Crippen molar-refractivity contribution in [3.63, 3.8) is 0 Å². The summed E-state index contributed by atoms with van der Waals surface area (Å²) in [7, 11) is -2.61. The van der Waals surface area contributed by atoms with E-state index in [-0.39, 0.29) is 13.2 Å². The standard InChI is InChI=1S/C24H16O3P2.C8H10O2/c1-5-13-21-17(9-1)19-11-3-7-15-23(19)28(25-21)27-29-24-16-8-4-12-20(24)18-10-2-6-14-22(18)26-29;9-5-7-1-2-8(6-10)4-3-7/h1-16H;1-4,9-10H,5-6H2. The van der Waals surface area contributed by atoms with Gasteiger partial charge in [0.15, 0.2) is 0 Å². The highest BCUT2D eigenvalue weighted by molar-refractivity contribution is 7.69. The van der Waals surface area contributed by atoms with Crippen LogP contribution in [0.4, 0.5) is 0 Å². The summed E-state index contributed by atoms with van der Waals surface area (Å²) in [6.07, 6.45) is 0. The summed E-state index contributed by atoms with van der Waals surface area (Å²) in [6.45, 7) is 0.122. The van der Waals surface area contributed by atoms with Gasteiger partial charge in [0.1, 0.15) is 11.5 Å². The van der Waals surface area contributed by atoms with Crippen molar-refractivity contribution in [3.05, 3.63) is 132 Å². The maximum Gasteiger partial charge on any atom is 0.272 e. The molecular weight excluding hydrogens is 526 g/mol. The smallest absolute Gasteiger partial charge is 0.272 e. The molecule has 2 aliphatic heterocycles. The van der Waals surface area contributed by atoms with Crippen LogP contribution in [0.25, 0.3) is 22.3 Å². The topological polar surface area (TPSA) is 68.2 Å². The van der Waals surface area contributed by atoms with E-state index in [0.29, 0.717) is 0 Å². The van der Waals surface area contributed by atoms with Crippen molar-refractivity contribution in [1.82, 2.24) is 0 Å². The molecule has 2 N–H and O–H groups in total. The predicted molar refractivity (Wildman–Crippen MR) is 157 cm³/mol. The van der Waals surface area contributed by atoms with Gasteiger partial charge in [-0.2, -0.15) is 0 Å². The summed E-state index contributed by atoms with van der Waals surface area (Å²) in [6, 6.07) is 40.1. The SMILES string of the molecule is OCc1ccc(CO)cc1.c1ccc2c(c1)OP(OP1Oc3ccccc3-c3ccccc31)c1ccccc1-2. The molecule has 0 bridgehead atoms. The van der Waals surface area contributed by atoms with E-state index in [1.807, 2.05) is 48.5 Å². The first-order valence-electron chi connectivity index (χ1n) is 12.6. The van der Waals surface area contributed by atoms with Crippen LogP contribution in [0.1, 0.15) is 11.1 Å². The third kappa shape index (κ3) is 5.33. The van der Waals surface area contributed by atoms with Gasteiger partial charge in [-0.15, -0.1) is 0 Å². The van der Waals surface area contributed by atoms with E-state index in [0.717, 1.165) is 44.4 Å². The highest BCUT2D eigenvalue weighted by Crippen LogP contribution is 2.60. The Labute approximate surface area is 230 Å². The van der Waals surface area contributed by atoms with E-state index in [4.69, 9.17) is 23.6 Å². The van der Waals surface area contributed by atoms with Gasteiger partial charge in [-0.05, 0) is 46.5 Å². The molecule has 0 saturated heterocycles. The first-order chi connectivity index (χ1) is 19.2. The monoisotopic (exact) mass is 552 g/mol. The zero-order chi connectivity index (χ0) is 26.6. The number of fused-ring (bicyclic) bond motifs is 6. The lowest BCUT2D eigenvalue weighted by Gasteiger charge is -2.32. The Morgan fingerprint density at radius 3 is 1.23 bits per heavy atom. The minimum atomic E-state index is -1.31. The maximum absolute atomic E-state index is 8.64. The largest absolute Gasteiger partial charge is 0.443 e. The second kappa shape index (κ2) is 11.7. The molecule has 5 aromatic rings. The molecule has 7 rings (SSSR count). The molecule has 39 heavy (non-hydrogen) atoms. The Morgan fingerprint density at radius 1 is 0.462 bits per heavy atom. The maximum atomic E-state index is 8.64. The van der Waals surface area contributed by atoms with Crippen LogP contribution in [0.5, 0.6) is 11.5 Å². The lowest BCUT2D eigenvalue weighted by Crippen LogP contribution is -2.19. The van der Waals surface area contributed by atoms with E-state index in [2.05, 4.69) is 48.5 Å². The summed E-state index contributed by atoms with van der Waals surface area (Å²) in [5.41, 5.74) is 6.29. The highest BCUT2D eigenvalue weighted by Gasteiger charge is 2.35. The van der Waals surface area contributed by atoms with E-state index in [1.165, 1.54) is 11.1 Å². The second-order valence-corrected chi connectivity index (χ2v) is 11.9. The summed E-state index contributed by atoms with van der Waals surface area (Å²) in [5.74, 6) is 1.72. The Morgan fingerprint density at radius 2 is 0.821 bits per heavy atom. The van der Waals surface area contributed by atoms with Gasteiger partial charge >= 0.3 is 0 Å². The number of aliphatic hydroxyl groups excluding tert-OH is 2. The molecule has 0 aromatic heterocycles. The molecule has 0 saturated carbocycles. The molecule has 5 nitrogen and oxygen atoms in total. The fraction of sp³-hybridized carbons (Fsp3) is 0.0625. The van der Waals surface area contributed by atoms with Crippen molar-refractivity contribution in [1.29, 1.82) is 0 Å². The minimum Gasteiger partial charge on any atom is -0.443 e. The molecule has 2 aliphatic rings. The van der Waals surface area contributed by atoms with Crippen LogP contribution in [0, 0.1) is 0 Å². The van der Waals surface area contributed by atoms with Crippen molar-refractivity contribution in [2.24, 2.45) is 0 Å². The first-order valence-corrected chi connectivity index (χ1v) is 14.9. The summed E-state index contributed by atoms with van der Waals surface area (Å²) in [5, 5.41) is 19.5. The Hall–Kier alpha value is -3.56. The Kier molecular flexibility index (Phi) is 7.69. The van der Waals surface area contributed by atoms with Crippen LogP contribution in [0.2, 0.25) is 0 Å². The molecule has 2 atom stereocenters. The quantitative estimate of drug-likeness (QED) is 0.234. The molecule has 0 radical (unpaired) electrons. The van der Waals surface area contributed by atoms with E-state index in [9.17, 15) is 0 Å². The van der Waals surface area contributed by atoms with Gasteiger partial charge in [0.05, 0.1) is 23.8 Å². The van der Waals surface area contributed by atoms with Crippen LogP contribution in [-0.4, -0.2) is 10.2 Å². The fourth-order valence-corrected chi connectivity index (χ4v) is 8.06. The van der Waals surface area contributed by atoms with E-state index >= 15 is 0 Å². The summed E-state index contributed by atoms with van der Waals surface area (Å²) >= 11 is 0. The van der Waals surface area contributed by atoms with Gasteiger partial charge in [0.2, 0.25) is 0 Å². The van der Waals surface area contributed by atoms with Gasteiger partial charge in [-0.1, -0.05) is 97.1 Å². The number of aliphatic hydroxyl groups is 2. The zero-order valence-corrected chi connectivity index (χ0v) is 22.8. The Bertz CT molecular complexity index is 1470. The molecule has 0 spiro atoms. The third-order valence-corrected chi connectivity index (χ3v) is 9.93. The average molecular weight is 553 g/mol. The van der Waals surface area contributed by atoms with Crippen molar-refractivity contribution in [2.75, 3.05) is 0 Å². The molecule has 194 valence electrons. The molecular formula is C32H26O5P2. The van der Waals surface area contributed by atoms with Gasteiger partial charge in [0, 0.05) is 11.1 Å². The van der Waals surface area contributed by atoms with Crippen LogP contribution in [0.15, 0.2) is 121 Å². The van der Waals surface area contributed by atoms with Crippen LogP contribution < -0.4 is 19.7 Å². The Balaban J connectivity index is 0.000000235. The van der Waals surface area contributed by atoms with Gasteiger partial charge in [-0.25, -0.2) is 0 Å². The minimum absolute atomic E-state index is 0.0612. The molecule has 2 heterocycles. The lowest BCUT2D eigenvalue weighted by molar-refractivity contribution is 0.278. The van der Waals surface area contributed by atoms with Gasteiger partial charge in [0.25, 0.3) is 16.8 Å². The predicted octanol–water partition coefficient (Wildman–Crippen LogP) is 7.07. The molecule has 0 amide bonds.